The van der Waals surface area contributed by atoms with Crippen molar-refractivity contribution >= 4 is 40.2 Å². The van der Waals surface area contributed by atoms with Gasteiger partial charge in [-0.05, 0) is 32.3 Å². The van der Waals surface area contributed by atoms with Gasteiger partial charge in [-0.15, -0.1) is 11.3 Å². The molecule has 2 aliphatic rings. The molecule has 1 saturated carbocycles. The number of aryl methyl sites for hydroxylation is 1. The Morgan fingerprint density at radius 2 is 1.96 bits per heavy atom. The van der Waals surface area contributed by atoms with Crippen molar-refractivity contribution in [1.29, 1.82) is 0 Å². The van der Waals surface area contributed by atoms with Crippen molar-refractivity contribution in [3.63, 3.8) is 0 Å². The van der Waals surface area contributed by atoms with E-state index in [1.54, 1.807) is 13.0 Å². The number of hydrogen-bond donors (Lipinski definition) is 2. The summed E-state index contributed by atoms with van der Waals surface area (Å²) in [5.41, 5.74) is -0.567. The van der Waals surface area contributed by atoms with E-state index in [1.807, 2.05) is 6.92 Å². The Bertz CT molecular complexity index is 797. The maximum atomic E-state index is 12.8. The number of rotatable bonds is 6. The standard InChI is InChI=1S/C19H25N3O5S/c1-3-12-10-13(16(24)27-4-2)15(28-12)20-14(23)11-22-17(25)19(21-18(22)26)8-6-5-7-9-19/h10H,3-9,11H2,1-2H3,(H,20,23)(H,21,26). The Morgan fingerprint density at radius 1 is 1.25 bits per heavy atom. The number of ether oxygens (including phenoxy) is 1. The van der Waals surface area contributed by atoms with Crippen molar-refractivity contribution in [3.05, 3.63) is 16.5 Å². The lowest BCUT2D eigenvalue weighted by Crippen LogP contribution is -2.48. The molecule has 28 heavy (non-hydrogen) atoms. The van der Waals surface area contributed by atoms with Gasteiger partial charge in [0.25, 0.3) is 5.91 Å². The van der Waals surface area contributed by atoms with Crippen molar-refractivity contribution in [2.75, 3.05) is 18.5 Å². The lowest BCUT2D eigenvalue weighted by molar-refractivity contribution is -0.134. The zero-order chi connectivity index (χ0) is 20.3. The summed E-state index contributed by atoms with van der Waals surface area (Å²) in [6, 6.07) is 1.16. The first kappa shape index (κ1) is 20.3. The highest BCUT2D eigenvalue weighted by atomic mass is 32.1. The van der Waals surface area contributed by atoms with Crippen LogP contribution in [0.5, 0.6) is 0 Å². The van der Waals surface area contributed by atoms with Crippen molar-refractivity contribution in [3.8, 4) is 0 Å². The smallest absolute Gasteiger partial charge is 0.341 e. The Balaban J connectivity index is 1.70. The van der Waals surface area contributed by atoms with Gasteiger partial charge in [0.05, 0.1) is 12.2 Å². The van der Waals surface area contributed by atoms with E-state index in [4.69, 9.17) is 4.74 Å². The van der Waals surface area contributed by atoms with Crippen LogP contribution in [0.3, 0.4) is 0 Å². The van der Waals surface area contributed by atoms with Crippen molar-refractivity contribution in [2.24, 2.45) is 0 Å². The molecule has 0 radical (unpaired) electrons. The Hall–Kier alpha value is -2.42. The van der Waals surface area contributed by atoms with Gasteiger partial charge in [0, 0.05) is 4.88 Å². The highest BCUT2D eigenvalue weighted by molar-refractivity contribution is 7.16. The molecule has 0 unspecified atom stereocenters. The van der Waals surface area contributed by atoms with Gasteiger partial charge < -0.3 is 15.4 Å². The van der Waals surface area contributed by atoms with Crippen molar-refractivity contribution in [1.82, 2.24) is 10.2 Å². The van der Waals surface area contributed by atoms with Gasteiger partial charge in [-0.2, -0.15) is 0 Å². The van der Waals surface area contributed by atoms with Crippen LogP contribution in [-0.4, -0.2) is 47.4 Å². The predicted molar refractivity (Wildman–Crippen MR) is 104 cm³/mol. The quantitative estimate of drug-likeness (QED) is 0.557. The van der Waals surface area contributed by atoms with Crippen LogP contribution in [0.25, 0.3) is 0 Å². The van der Waals surface area contributed by atoms with Crippen molar-refractivity contribution in [2.45, 2.75) is 57.9 Å². The number of hydrogen-bond acceptors (Lipinski definition) is 6. The molecule has 1 aliphatic carbocycles. The van der Waals surface area contributed by atoms with Gasteiger partial charge >= 0.3 is 12.0 Å². The third-order valence-corrected chi connectivity index (χ3v) is 6.33. The molecule has 1 spiro atoms. The van der Waals surface area contributed by atoms with Crippen LogP contribution in [0.2, 0.25) is 0 Å². The summed E-state index contributed by atoms with van der Waals surface area (Å²) in [6.07, 6.45) is 4.72. The van der Waals surface area contributed by atoms with Crippen LogP contribution in [0, 0.1) is 0 Å². The molecular formula is C19H25N3O5S. The molecule has 1 aliphatic heterocycles. The third-order valence-electron chi connectivity index (χ3n) is 5.13. The fraction of sp³-hybridized carbons (Fsp3) is 0.579. The number of thiophene rings is 1. The number of urea groups is 1. The van der Waals surface area contributed by atoms with Crippen LogP contribution in [0.4, 0.5) is 9.80 Å². The molecule has 2 heterocycles. The first-order chi connectivity index (χ1) is 13.4. The molecule has 1 aromatic heterocycles. The second-order valence-electron chi connectivity index (χ2n) is 7.04. The molecule has 152 valence electrons. The fourth-order valence-electron chi connectivity index (χ4n) is 3.69. The maximum Gasteiger partial charge on any atom is 0.341 e. The largest absolute Gasteiger partial charge is 0.462 e. The topological polar surface area (TPSA) is 105 Å². The average molecular weight is 407 g/mol. The van der Waals surface area contributed by atoms with Gasteiger partial charge in [-0.1, -0.05) is 26.2 Å². The second-order valence-corrected chi connectivity index (χ2v) is 8.18. The molecule has 1 aromatic rings. The van der Waals surface area contributed by atoms with E-state index in [1.165, 1.54) is 11.3 Å². The lowest BCUT2D eigenvalue weighted by Gasteiger charge is -2.30. The molecule has 0 atom stereocenters. The Morgan fingerprint density at radius 3 is 2.61 bits per heavy atom. The SMILES string of the molecule is CCOC(=O)c1cc(CC)sc1NC(=O)CN1C(=O)NC2(CCCCC2)C1=O. The van der Waals surface area contributed by atoms with E-state index in [0.717, 1.165) is 29.0 Å². The van der Waals surface area contributed by atoms with E-state index in [9.17, 15) is 19.2 Å². The minimum atomic E-state index is -0.857. The molecule has 0 bridgehead atoms. The molecule has 9 heteroatoms. The van der Waals surface area contributed by atoms with E-state index in [0.29, 0.717) is 24.3 Å². The summed E-state index contributed by atoms with van der Waals surface area (Å²) in [5, 5.41) is 5.83. The third kappa shape index (κ3) is 3.89. The maximum absolute atomic E-state index is 12.8. The summed E-state index contributed by atoms with van der Waals surface area (Å²) in [6.45, 7) is 3.51. The van der Waals surface area contributed by atoms with Crippen LogP contribution < -0.4 is 10.6 Å². The number of esters is 1. The highest BCUT2D eigenvalue weighted by Gasteiger charge is 2.51. The number of anilines is 1. The normalized spacial score (nSPS) is 18.3. The van der Waals surface area contributed by atoms with E-state index in [-0.39, 0.29) is 24.6 Å². The number of carbonyl (C=O) groups excluding carboxylic acids is 4. The molecule has 4 amide bonds. The van der Waals surface area contributed by atoms with E-state index in [2.05, 4.69) is 10.6 Å². The number of carbonyl (C=O) groups is 4. The first-order valence-electron chi connectivity index (χ1n) is 9.64. The van der Waals surface area contributed by atoms with Gasteiger partial charge in [-0.3, -0.25) is 14.5 Å². The highest BCUT2D eigenvalue weighted by Crippen LogP contribution is 2.34. The molecule has 3 rings (SSSR count). The summed E-state index contributed by atoms with van der Waals surface area (Å²) < 4.78 is 5.04. The lowest BCUT2D eigenvalue weighted by atomic mass is 9.82. The monoisotopic (exact) mass is 407 g/mol. The molecule has 8 nitrogen and oxygen atoms in total. The Labute approximate surface area is 167 Å². The van der Waals surface area contributed by atoms with E-state index < -0.39 is 23.4 Å². The fourth-order valence-corrected chi connectivity index (χ4v) is 4.69. The van der Waals surface area contributed by atoms with Crippen LogP contribution in [-0.2, 0) is 20.7 Å². The number of imide groups is 1. The van der Waals surface area contributed by atoms with Crippen LogP contribution >= 0.6 is 11.3 Å². The molecule has 2 N–H and O–H groups in total. The second kappa shape index (κ2) is 8.30. The van der Waals surface area contributed by atoms with Crippen molar-refractivity contribution < 1.29 is 23.9 Å². The van der Waals surface area contributed by atoms with Gasteiger partial charge in [-0.25, -0.2) is 9.59 Å². The molecule has 2 fully saturated rings. The number of nitrogens with one attached hydrogen (secondary N) is 2. The minimum absolute atomic E-state index is 0.230. The molecular weight excluding hydrogens is 382 g/mol. The molecule has 1 saturated heterocycles. The predicted octanol–water partition coefficient (Wildman–Crippen LogP) is 2.68. The van der Waals surface area contributed by atoms with Gasteiger partial charge in [0.1, 0.15) is 17.1 Å². The van der Waals surface area contributed by atoms with Crippen LogP contribution in [0.15, 0.2) is 6.07 Å². The Kier molecular flexibility index (Phi) is 6.02. The zero-order valence-electron chi connectivity index (χ0n) is 16.1. The van der Waals surface area contributed by atoms with Gasteiger partial charge in [0.2, 0.25) is 5.91 Å². The number of amides is 4. The summed E-state index contributed by atoms with van der Waals surface area (Å²) in [7, 11) is 0. The first-order valence-corrected chi connectivity index (χ1v) is 10.5. The number of nitrogens with zero attached hydrogens (tertiary/aromatic N) is 1. The zero-order valence-corrected chi connectivity index (χ0v) is 16.9. The summed E-state index contributed by atoms with van der Waals surface area (Å²) >= 11 is 1.29. The summed E-state index contributed by atoms with van der Waals surface area (Å²) in [5.74, 6) is -1.37. The van der Waals surface area contributed by atoms with E-state index >= 15 is 0 Å². The summed E-state index contributed by atoms with van der Waals surface area (Å²) in [4.78, 5) is 51.6. The molecule has 0 aromatic carbocycles. The average Bonchev–Trinajstić information content (AvgIpc) is 3.17. The van der Waals surface area contributed by atoms with Crippen LogP contribution in [0.1, 0.15) is 61.2 Å². The van der Waals surface area contributed by atoms with Gasteiger partial charge in [0.15, 0.2) is 0 Å². The minimum Gasteiger partial charge on any atom is -0.462 e.